The monoisotopic (exact) mass is 444 g/mol. The molecule has 5 heterocycles. The summed E-state index contributed by atoms with van der Waals surface area (Å²) in [5.41, 5.74) is 2.08. The molecule has 2 aliphatic heterocycles. The molecule has 2 aliphatic rings. The second kappa shape index (κ2) is 7.76. The molecule has 2 fully saturated rings. The Morgan fingerprint density at radius 1 is 1.35 bits per heavy atom. The van der Waals surface area contributed by atoms with Crippen LogP contribution in [0.4, 0.5) is 0 Å². The summed E-state index contributed by atoms with van der Waals surface area (Å²) in [6.45, 7) is 2.97. The van der Waals surface area contributed by atoms with Crippen molar-refractivity contribution in [1.82, 2.24) is 20.1 Å². The van der Waals surface area contributed by atoms with Crippen LogP contribution in [0.15, 0.2) is 28.9 Å². The van der Waals surface area contributed by atoms with Gasteiger partial charge in [-0.05, 0) is 44.4 Å². The number of pyridine rings is 1. The maximum Gasteiger partial charge on any atom is 0.252 e. The SMILES string of the molecule is Cc1nn([C@@H]2CCS(=O)(=O)C2)c2nc(-c3ccco3)cc(C(=O)NC[C@@H]3CCCO3)c12. The van der Waals surface area contributed by atoms with E-state index in [1.54, 1.807) is 29.1 Å². The predicted molar refractivity (Wildman–Crippen MR) is 114 cm³/mol. The van der Waals surface area contributed by atoms with E-state index in [1.807, 2.05) is 6.92 Å². The molecule has 0 bridgehead atoms. The molecule has 0 aromatic carbocycles. The molecule has 1 N–H and O–H groups in total. The van der Waals surface area contributed by atoms with Crippen molar-refractivity contribution < 1.29 is 22.4 Å². The second-order valence-corrected chi connectivity index (χ2v) is 10.4. The number of sulfone groups is 1. The zero-order valence-electron chi connectivity index (χ0n) is 17.2. The van der Waals surface area contributed by atoms with Crippen LogP contribution in [0.3, 0.4) is 0 Å². The third kappa shape index (κ3) is 3.85. The van der Waals surface area contributed by atoms with Gasteiger partial charge in [0.25, 0.3) is 5.91 Å². The molecule has 1 amide bonds. The van der Waals surface area contributed by atoms with Gasteiger partial charge < -0.3 is 14.5 Å². The summed E-state index contributed by atoms with van der Waals surface area (Å²) in [5.74, 6) is 0.443. The van der Waals surface area contributed by atoms with Crippen LogP contribution in [0.2, 0.25) is 0 Å². The molecule has 2 saturated heterocycles. The van der Waals surface area contributed by atoms with Crippen LogP contribution in [-0.4, -0.2) is 59.9 Å². The minimum absolute atomic E-state index is 0.0242. The molecule has 0 radical (unpaired) electrons. The van der Waals surface area contributed by atoms with E-state index in [0.29, 0.717) is 46.7 Å². The highest BCUT2D eigenvalue weighted by Crippen LogP contribution is 2.32. The number of amides is 1. The first-order valence-electron chi connectivity index (χ1n) is 10.5. The zero-order valence-corrected chi connectivity index (χ0v) is 18.0. The molecule has 2 atom stereocenters. The van der Waals surface area contributed by atoms with E-state index in [4.69, 9.17) is 14.1 Å². The molecular formula is C21H24N4O5S. The Morgan fingerprint density at radius 2 is 2.23 bits per heavy atom. The molecule has 0 unspecified atom stereocenters. The van der Waals surface area contributed by atoms with Gasteiger partial charge in [-0.1, -0.05) is 0 Å². The molecule has 0 saturated carbocycles. The number of ether oxygens (including phenoxy) is 1. The normalized spacial score (nSPS) is 22.9. The lowest BCUT2D eigenvalue weighted by Gasteiger charge is -2.13. The smallest absolute Gasteiger partial charge is 0.252 e. The summed E-state index contributed by atoms with van der Waals surface area (Å²) < 4.78 is 36.9. The lowest BCUT2D eigenvalue weighted by Crippen LogP contribution is -2.32. The quantitative estimate of drug-likeness (QED) is 0.642. The lowest BCUT2D eigenvalue weighted by atomic mass is 10.1. The number of carbonyl (C=O) groups is 1. The molecule has 164 valence electrons. The minimum Gasteiger partial charge on any atom is -0.463 e. The highest BCUT2D eigenvalue weighted by molar-refractivity contribution is 7.91. The second-order valence-electron chi connectivity index (χ2n) is 8.16. The topological polar surface area (TPSA) is 116 Å². The highest BCUT2D eigenvalue weighted by atomic mass is 32.2. The van der Waals surface area contributed by atoms with Crippen molar-refractivity contribution in [2.24, 2.45) is 0 Å². The molecule has 9 nitrogen and oxygen atoms in total. The van der Waals surface area contributed by atoms with Crippen molar-refractivity contribution in [3.63, 3.8) is 0 Å². The first kappa shape index (κ1) is 20.2. The Morgan fingerprint density at radius 3 is 2.90 bits per heavy atom. The fraction of sp³-hybridized carbons (Fsp3) is 0.476. The lowest BCUT2D eigenvalue weighted by molar-refractivity contribution is 0.0859. The van der Waals surface area contributed by atoms with Gasteiger partial charge >= 0.3 is 0 Å². The van der Waals surface area contributed by atoms with Crippen LogP contribution in [0.25, 0.3) is 22.5 Å². The van der Waals surface area contributed by atoms with Gasteiger partial charge in [0.1, 0.15) is 5.69 Å². The van der Waals surface area contributed by atoms with E-state index in [2.05, 4.69) is 10.4 Å². The third-order valence-electron chi connectivity index (χ3n) is 5.92. The number of furan rings is 1. The first-order valence-corrected chi connectivity index (χ1v) is 12.3. The Bertz CT molecular complexity index is 1230. The van der Waals surface area contributed by atoms with Crippen LogP contribution < -0.4 is 5.32 Å². The number of aryl methyl sites for hydroxylation is 1. The van der Waals surface area contributed by atoms with Crippen LogP contribution in [0, 0.1) is 6.92 Å². The van der Waals surface area contributed by atoms with Crippen molar-refractivity contribution in [3.05, 3.63) is 35.7 Å². The predicted octanol–water partition coefficient (Wildman–Crippen LogP) is 2.27. The minimum atomic E-state index is -3.10. The van der Waals surface area contributed by atoms with Crippen LogP contribution >= 0.6 is 0 Å². The van der Waals surface area contributed by atoms with Gasteiger partial charge in [0, 0.05) is 13.2 Å². The number of nitrogens with one attached hydrogen (secondary N) is 1. The van der Waals surface area contributed by atoms with Gasteiger partial charge in [0.15, 0.2) is 21.2 Å². The summed E-state index contributed by atoms with van der Waals surface area (Å²) in [6.07, 6.45) is 3.98. The number of fused-ring (bicyclic) bond motifs is 1. The van der Waals surface area contributed by atoms with Gasteiger partial charge in [-0.25, -0.2) is 18.1 Å². The van der Waals surface area contributed by atoms with E-state index in [9.17, 15) is 13.2 Å². The average molecular weight is 445 g/mol. The number of carbonyl (C=O) groups excluding carboxylic acids is 1. The standard InChI is InChI=1S/C21H24N4O5S/c1-13-19-16(21(26)22-11-15-4-2-7-29-15)10-17(18-5-3-8-30-18)23-20(19)25(24-13)14-6-9-31(27,28)12-14/h3,5,8,10,14-15H,2,4,6-7,9,11-12H2,1H3,(H,22,26)/t14-,15+/m1/s1. The maximum atomic E-state index is 13.2. The Kier molecular flexibility index (Phi) is 5.05. The molecule has 3 aromatic rings. The maximum absolute atomic E-state index is 13.2. The Balaban J connectivity index is 1.59. The summed E-state index contributed by atoms with van der Waals surface area (Å²) in [7, 11) is -3.10. The highest BCUT2D eigenvalue weighted by Gasteiger charge is 2.32. The molecule has 31 heavy (non-hydrogen) atoms. The Hall–Kier alpha value is -2.72. The zero-order chi connectivity index (χ0) is 21.6. The fourth-order valence-electron chi connectivity index (χ4n) is 4.37. The molecule has 0 spiro atoms. The van der Waals surface area contributed by atoms with E-state index in [1.165, 1.54) is 0 Å². The molecule has 3 aromatic heterocycles. The van der Waals surface area contributed by atoms with Crippen LogP contribution in [0.5, 0.6) is 0 Å². The summed E-state index contributed by atoms with van der Waals surface area (Å²) in [6, 6.07) is 4.93. The van der Waals surface area contributed by atoms with Gasteiger partial charge in [-0.2, -0.15) is 5.10 Å². The number of hydrogen-bond donors (Lipinski definition) is 1. The molecule has 5 rings (SSSR count). The van der Waals surface area contributed by atoms with E-state index >= 15 is 0 Å². The molecule has 10 heteroatoms. The van der Waals surface area contributed by atoms with Crippen molar-refractivity contribution in [2.75, 3.05) is 24.7 Å². The van der Waals surface area contributed by atoms with Crippen molar-refractivity contribution in [3.8, 4) is 11.5 Å². The van der Waals surface area contributed by atoms with Crippen LogP contribution in [0.1, 0.15) is 41.4 Å². The van der Waals surface area contributed by atoms with E-state index in [-0.39, 0.29) is 29.6 Å². The van der Waals surface area contributed by atoms with Gasteiger partial charge in [0.2, 0.25) is 0 Å². The number of nitrogens with zero attached hydrogens (tertiary/aromatic N) is 3. The summed E-state index contributed by atoms with van der Waals surface area (Å²) in [4.78, 5) is 17.9. The third-order valence-corrected chi connectivity index (χ3v) is 7.67. The van der Waals surface area contributed by atoms with Gasteiger partial charge in [-0.3, -0.25) is 4.79 Å². The fourth-order valence-corrected chi connectivity index (χ4v) is 6.06. The van der Waals surface area contributed by atoms with E-state index < -0.39 is 9.84 Å². The number of aromatic nitrogens is 3. The Labute approximate surface area is 179 Å². The van der Waals surface area contributed by atoms with Gasteiger partial charge in [-0.15, -0.1) is 0 Å². The average Bonchev–Trinajstić information content (AvgIpc) is 3.53. The van der Waals surface area contributed by atoms with Crippen molar-refractivity contribution in [1.29, 1.82) is 0 Å². The van der Waals surface area contributed by atoms with E-state index in [0.717, 1.165) is 19.4 Å². The number of rotatable bonds is 5. The van der Waals surface area contributed by atoms with Gasteiger partial charge in [0.05, 0.1) is 46.6 Å². The summed E-state index contributed by atoms with van der Waals surface area (Å²) in [5, 5.41) is 8.19. The summed E-state index contributed by atoms with van der Waals surface area (Å²) >= 11 is 0. The van der Waals surface area contributed by atoms with Crippen LogP contribution in [-0.2, 0) is 14.6 Å². The number of hydrogen-bond acceptors (Lipinski definition) is 7. The molecule has 0 aliphatic carbocycles. The van der Waals surface area contributed by atoms with Crippen molar-refractivity contribution >= 4 is 26.8 Å². The first-order chi connectivity index (χ1) is 14.9. The molecular weight excluding hydrogens is 420 g/mol. The van der Waals surface area contributed by atoms with Crippen molar-refractivity contribution in [2.45, 2.75) is 38.3 Å². The largest absolute Gasteiger partial charge is 0.463 e.